The zero-order chi connectivity index (χ0) is 28.7. The van der Waals surface area contributed by atoms with Crippen molar-refractivity contribution < 1.29 is 37.3 Å². The van der Waals surface area contributed by atoms with Crippen LogP contribution in [-0.4, -0.2) is 63.0 Å². The lowest BCUT2D eigenvalue weighted by Crippen LogP contribution is -2.43. The molecule has 0 unspecified atom stereocenters. The molecule has 2 aromatic carbocycles. The number of esters is 1. The molecule has 1 fully saturated rings. The largest absolute Gasteiger partial charge is 0.465 e. The minimum Gasteiger partial charge on any atom is -0.465 e. The Balaban J connectivity index is 1.34. The van der Waals surface area contributed by atoms with Crippen molar-refractivity contribution >= 4 is 23.8 Å². The van der Waals surface area contributed by atoms with Crippen molar-refractivity contribution in [3.63, 3.8) is 0 Å². The van der Waals surface area contributed by atoms with Crippen LogP contribution < -0.4 is 0 Å². The van der Waals surface area contributed by atoms with E-state index in [1.165, 1.54) is 54.4 Å². The second kappa shape index (κ2) is 13.3. The zero-order valence-electron chi connectivity index (χ0n) is 21.7. The lowest BCUT2D eigenvalue weighted by atomic mass is 9.90. The van der Waals surface area contributed by atoms with Crippen molar-refractivity contribution in [2.75, 3.05) is 20.3 Å². The molecule has 212 valence electrons. The number of thioether (sulfide) groups is 1. The average Bonchev–Trinajstić information content (AvgIpc) is 3.44. The van der Waals surface area contributed by atoms with Gasteiger partial charge in [0.05, 0.1) is 37.7 Å². The number of halogens is 3. The molecule has 0 amide bonds. The first-order chi connectivity index (χ1) is 19.2. The molecule has 2 atom stereocenters. The van der Waals surface area contributed by atoms with Crippen LogP contribution in [0, 0.1) is 17.5 Å². The number of carbonyl (C=O) groups is 1. The number of nitrogens with zero attached hydrogens (tertiary/aromatic N) is 3. The first-order valence-electron chi connectivity index (χ1n) is 12.3. The quantitative estimate of drug-likeness (QED) is 0.279. The van der Waals surface area contributed by atoms with Gasteiger partial charge in [0, 0.05) is 22.4 Å². The molecule has 3 aromatic rings. The van der Waals surface area contributed by atoms with Gasteiger partial charge in [-0.25, -0.2) is 27.6 Å². The highest BCUT2D eigenvalue weighted by atomic mass is 32.2. The lowest BCUT2D eigenvalue weighted by molar-refractivity contribution is -0.146. The van der Waals surface area contributed by atoms with E-state index in [1.54, 1.807) is 31.2 Å². The fourth-order valence-electron chi connectivity index (χ4n) is 4.15. The molecular weight excluding hydrogens is 547 g/mol. The van der Waals surface area contributed by atoms with Gasteiger partial charge in [-0.1, -0.05) is 37.3 Å². The molecule has 0 bridgehead atoms. The van der Waals surface area contributed by atoms with Crippen molar-refractivity contribution in [1.82, 2.24) is 14.8 Å². The lowest BCUT2D eigenvalue weighted by Gasteiger charge is -2.37. The summed E-state index contributed by atoms with van der Waals surface area (Å²) in [6.07, 6.45) is 8.56. The fraction of sp³-hybridized carbons (Fsp3) is 0.321. The average molecular weight is 576 g/mol. The van der Waals surface area contributed by atoms with Crippen molar-refractivity contribution in [2.24, 2.45) is 0 Å². The predicted octanol–water partition coefficient (Wildman–Crippen LogP) is 4.50. The van der Waals surface area contributed by atoms with E-state index in [1.807, 2.05) is 0 Å². The van der Waals surface area contributed by atoms with E-state index in [4.69, 9.17) is 9.47 Å². The minimum atomic E-state index is -1.73. The second-order valence-electron chi connectivity index (χ2n) is 9.05. The highest BCUT2D eigenvalue weighted by Crippen LogP contribution is 2.38. The Morgan fingerprint density at radius 1 is 1.20 bits per heavy atom. The van der Waals surface area contributed by atoms with Gasteiger partial charge in [-0.3, -0.25) is 0 Å². The number of aromatic nitrogens is 3. The van der Waals surface area contributed by atoms with Crippen LogP contribution in [-0.2, 0) is 26.4 Å². The molecule has 0 spiro atoms. The maximum absolute atomic E-state index is 14.8. The van der Waals surface area contributed by atoms with Gasteiger partial charge in [0.2, 0.25) is 0 Å². The molecule has 12 heteroatoms. The molecule has 0 saturated carbocycles. The Morgan fingerprint density at radius 2 is 1.98 bits per heavy atom. The number of carbonyl (C=O) groups excluding carboxylic acids is 1. The maximum atomic E-state index is 14.8. The highest BCUT2D eigenvalue weighted by Gasteiger charge is 2.41. The number of allylic oxidation sites excluding steroid dienone is 2. The first-order valence-corrected chi connectivity index (χ1v) is 13.3. The Kier molecular flexibility index (Phi) is 9.80. The number of rotatable bonds is 10. The molecule has 0 aliphatic carbocycles. The number of hydrogen-bond acceptors (Lipinski definition) is 8. The van der Waals surface area contributed by atoms with E-state index in [2.05, 4.69) is 14.8 Å². The standard InChI is InChI=1S/C28H28F3N3O5S/c1-18(28(36,15-34-17-32-16-33-34)23-10-9-21(29)12-25(23)31)40-22-13-38-26(39-14-22)6-4-3-5-19-7-8-20(11-24(19)30)27(35)37-2/h3-12,16-18,22,26,36H,13-15H2,1-2H3/b5-3+,6-4+/t18-,22?,26?,28-/m1/s1. The van der Waals surface area contributed by atoms with Gasteiger partial charge in [-0.05, 0) is 24.3 Å². The van der Waals surface area contributed by atoms with Gasteiger partial charge in [-0.2, -0.15) is 5.10 Å². The molecule has 4 rings (SSSR count). The number of benzene rings is 2. The molecule has 1 N–H and O–H groups in total. The summed E-state index contributed by atoms with van der Waals surface area (Å²) in [7, 11) is 1.23. The third kappa shape index (κ3) is 7.19. The van der Waals surface area contributed by atoms with Gasteiger partial charge >= 0.3 is 5.97 Å². The van der Waals surface area contributed by atoms with Crippen molar-refractivity contribution in [3.8, 4) is 0 Å². The van der Waals surface area contributed by atoms with Crippen molar-refractivity contribution in [2.45, 2.75) is 35.9 Å². The Morgan fingerprint density at radius 3 is 2.62 bits per heavy atom. The first kappa shape index (κ1) is 29.5. The van der Waals surface area contributed by atoms with Gasteiger partial charge in [0.25, 0.3) is 0 Å². The smallest absolute Gasteiger partial charge is 0.337 e. The summed E-state index contributed by atoms with van der Waals surface area (Å²) in [6, 6.07) is 7.14. The molecule has 1 saturated heterocycles. The summed E-state index contributed by atoms with van der Waals surface area (Å²) in [4.78, 5) is 15.4. The molecule has 1 aliphatic heterocycles. The maximum Gasteiger partial charge on any atom is 0.337 e. The van der Waals surface area contributed by atoms with Crippen LogP contribution in [0.15, 0.2) is 67.3 Å². The molecule has 2 heterocycles. The Hall–Kier alpha value is -3.45. The summed E-state index contributed by atoms with van der Waals surface area (Å²) < 4.78 is 60.0. The van der Waals surface area contributed by atoms with Crippen LogP contribution >= 0.6 is 11.8 Å². The van der Waals surface area contributed by atoms with Crippen LogP contribution in [0.3, 0.4) is 0 Å². The predicted molar refractivity (Wildman–Crippen MR) is 143 cm³/mol. The molecular formula is C28H28F3N3O5S. The molecule has 1 aliphatic rings. The second-order valence-corrected chi connectivity index (χ2v) is 10.7. The molecule has 40 heavy (non-hydrogen) atoms. The van der Waals surface area contributed by atoms with Crippen molar-refractivity contribution in [1.29, 1.82) is 0 Å². The Bertz CT molecular complexity index is 1360. The molecule has 8 nitrogen and oxygen atoms in total. The van der Waals surface area contributed by atoms with Gasteiger partial charge in [0.15, 0.2) is 6.29 Å². The van der Waals surface area contributed by atoms with E-state index >= 15 is 0 Å². The number of methoxy groups -OCH3 is 1. The zero-order valence-corrected chi connectivity index (χ0v) is 22.6. The van der Waals surface area contributed by atoms with Crippen LogP contribution in [0.25, 0.3) is 6.08 Å². The van der Waals surface area contributed by atoms with E-state index < -0.39 is 40.6 Å². The summed E-state index contributed by atoms with van der Waals surface area (Å²) in [5.74, 6) is -2.77. The summed E-state index contributed by atoms with van der Waals surface area (Å²) in [5.41, 5.74) is -1.37. The summed E-state index contributed by atoms with van der Waals surface area (Å²) >= 11 is 1.36. The van der Waals surface area contributed by atoms with Gasteiger partial charge in [0.1, 0.15) is 35.7 Å². The number of hydrogen-bond donors (Lipinski definition) is 1. The summed E-state index contributed by atoms with van der Waals surface area (Å²) in [5, 5.41) is 14.9. The third-order valence-electron chi connectivity index (χ3n) is 6.31. The van der Waals surface area contributed by atoms with Crippen LogP contribution in [0.5, 0.6) is 0 Å². The van der Waals surface area contributed by atoms with Crippen molar-refractivity contribution in [3.05, 3.63) is 101 Å². The Labute approximate surface area is 233 Å². The number of ether oxygens (including phenoxy) is 3. The SMILES string of the molecule is COC(=O)c1ccc(/C=C/C=C/C2OCC(S[C@H](C)[C@](O)(Cn3cncn3)c3ccc(F)cc3F)CO2)c(F)c1. The fourth-order valence-corrected chi connectivity index (χ4v) is 5.47. The molecule has 0 radical (unpaired) electrons. The molecule has 1 aromatic heterocycles. The van der Waals surface area contributed by atoms with Crippen LogP contribution in [0.1, 0.15) is 28.4 Å². The van der Waals surface area contributed by atoms with E-state index in [-0.39, 0.29) is 22.9 Å². The summed E-state index contributed by atoms with van der Waals surface area (Å²) in [6.45, 7) is 2.24. The van der Waals surface area contributed by atoms with Crippen LogP contribution in [0.4, 0.5) is 13.2 Å². The van der Waals surface area contributed by atoms with E-state index in [9.17, 15) is 23.1 Å². The monoisotopic (exact) mass is 575 g/mol. The normalized spacial score (nSPS) is 20.1. The third-order valence-corrected chi connectivity index (χ3v) is 7.76. The van der Waals surface area contributed by atoms with Gasteiger partial charge in [-0.15, -0.1) is 11.8 Å². The van der Waals surface area contributed by atoms with Gasteiger partial charge < -0.3 is 19.3 Å². The van der Waals surface area contributed by atoms with E-state index in [0.717, 1.165) is 18.2 Å². The highest BCUT2D eigenvalue weighted by molar-refractivity contribution is 8.00. The number of aliphatic hydroxyl groups is 1. The van der Waals surface area contributed by atoms with Crippen LogP contribution in [0.2, 0.25) is 0 Å². The topological polar surface area (TPSA) is 95.7 Å². The minimum absolute atomic E-state index is 0.0500. The van der Waals surface area contributed by atoms with E-state index in [0.29, 0.717) is 18.8 Å².